The van der Waals surface area contributed by atoms with E-state index < -0.39 is 0 Å². The van der Waals surface area contributed by atoms with Gasteiger partial charge in [-0.15, -0.1) is 0 Å². The Kier molecular flexibility index (Phi) is 3.02. The van der Waals surface area contributed by atoms with Gasteiger partial charge in [0.2, 0.25) is 5.91 Å². The Morgan fingerprint density at radius 1 is 1.40 bits per heavy atom. The maximum absolute atomic E-state index is 11.4. The summed E-state index contributed by atoms with van der Waals surface area (Å²) >= 11 is 0. The molecule has 0 spiro atoms. The van der Waals surface area contributed by atoms with Crippen molar-refractivity contribution in [3.63, 3.8) is 0 Å². The van der Waals surface area contributed by atoms with Crippen LogP contribution in [0.5, 0.6) is 0 Å². The van der Waals surface area contributed by atoms with Crippen molar-refractivity contribution in [2.24, 2.45) is 0 Å². The average molecular weight is 204 g/mol. The molecule has 2 N–H and O–H groups in total. The Labute approximate surface area is 89.9 Å². The number of fused-ring (bicyclic) bond motifs is 1. The van der Waals surface area contributed by atoms with E-state index in [2.05, 4.69) is 22.8 Å². The Morgan fingerprint density at radius 3 is 3.00 bits per heavy atom. The van der Waals surface area contributed by atoms with Crippen molar-refractivity contribution in [3.05, 3.63) is 34.9 Å². The predicted octanol–water partition coefficient (Wildman–Crippen LogP) is 0.968. The largest absolute Gasteiger partial charge is 0.356 e. The van der Waals surface area contributed by atoms with Crippen molar-refractivity contribution in [2.45, 2.75) is 26.4 Å². The number of benzene rings is 1. The van der Waals surface area contributed by atoms with E-state index in [4.69, 9.17) is 0 Å². The van der Waals surface area contributed by atoms with Crippen LogP contribution in [0.2, 0.25) is 0 Å². The van der Waals surface area contributed by atoms with E-state index in [-0.39, 0.29) is 5.91 Å². The fourth-order valence-electron chi connectivity index (χ4n) is 1.90. The van der Waals surface area contributed by atoms with E-state index in [1.165, 1.54) is 11.1 Å². The number of likely N-dealkylation sites (N-methyl/N-ethyl adjacent to an activating group) is 1. The minimum atomic E-state index is 0.100. The van der Waals surface area contributed by atoms with Gasteiger partial charge in [0.05, 0.1) is 6.42 Å². The van der Waals surface area contributed by atoms with Crippen molar-refractivity contribution in [2.75, 3.05) is 6.54 Å². The summed E-state index contributed by atoms with van der Waals surface area (Å²) in [5.41, 5.74) is 3.79. The monoisotopic (exact) mass is 204 g/mol. The molecular formula is C12H16N2O. The van der Waals surface area contributed by atoms with Crippen LogP contribution in [0.15, 0.2) is 18.2 Å². The van der Waals surface area contributed by atoms with Crippen molar-refractivity contribution in [1.29, 1.82) is 0 Å². The molecule has 0 atom stereocenters. The average Bonchev–Trinajstić information content (AvgIpc) is 2.65. The van der Waals surface area contributed by atoms with Gasteiger partial charge in [-0.3, -0.25) is 4.79 Å². The first-order valence-electron chi connectivity index (χ1n) is 5.37. The van der Waals surface area contributed by atoms with Gasteiger partial charge in [0.15, 0.2) is 0 Å². The SMILES string of the molecule is CCNC(=O)Cc1ccc2c(c1)CNC2. The molecule has 0 radical (unpaired) electrons. The van der Waals surface area contributed by atoms with Crippen LogP contribution in [-0.2, 0) is 24.3 Å². The molecule has 1 aromatic carbocycles. The van der Waals surface area contributed by atoms with E-state index in [0.717, 1.165) is 18.7 Å². The van der Waals surface area contributed by atoms with Gasteiger partial charge in [-0.1, -0.05) is 18.2 Å². The van der Waals surface area contributed by atoms with E-state index in [1.807, 2.05) is 13.0 Å². The molecule has 80 valence electrons. The van der Waals surface area contributed by atoms with Gasteiger partial charge in [0.25, 0.3) is 0 Å². The van der Waals surface area contributed by atoms with Crippen molar-refractivity contribution in [1.82, 2.24) is 10.6 Å². The third-order valence-electron chi connectivity index (χ3n) is 2.64. The number of amides is 1. The molecule has 2 rings (SSSR count). The van der Waals surface area contributed by atoms with Gasteiger partial charge in [-0.05, 0) is 23.6 Å². The second-order valence-corrected chi connectivity index (χ2v) is 3.84. The summed E-state index contributed by atoms with van der Waals surface area (Å²) in [5.74, 6) is 0.100. The lowest BCUT2D eigenvalue weighted by molar-refractivity contribution is -0.120. The first-order valence-corrected chi connectivity index (χ1v) is 5.37. The maximum atomic E-state index is 11.4. The minimum absolute atomic E-state index is 0.100. The molecule has 0 aliphatic carbocycles. The van der Waals surface area contributed by atoms with Crippen LogP contribution >= 0.6 is 0 Å². The molecule has 1 aliphatic rings. The Bertz CT molecular complexity index is 374. The van der Waals surface area contributed by atoms with Gasteiger partial charge in [-0.2, -0.15) is 0 Å². The lowest BCUT2D eigenvalue weighted by atomic mass is 10.0. The second-order valence-electron chi connectivity index (χ2n) is 3.84. The molecule has 1 aromatic rings. The molecule has 0 saturated carbocycles. The van der Waals surface area contributed by atoms with Gasteiger partial charge in [-0.25, -0.2) is 0 Å². The molecule has 0 saturated heterocycles. The highest BCUT2D eigenvalue weighted by molar-refractivity contribution is 5.78. The zero-order valence-electron chi connectivity index (χ0n) is 8.97. The number of rotatable bonds is 3. The fourth-order valence-corrected chi connectivity index (χ4v) is 1.90. The van der Waals surface area contributed by atoms with Gasteiger partial charge in [0, 0.05) is 19.6 Å². The van der Waals surface area contributed by atoms with E-state index in [1.54, 1.807) is 0 Å². The topological polar surface area (TPSA) is 41.1 Å². The first-order chi connectivity index (χ1) is 7.29. The lowest BCUT2D eigenvalue weighted by Gasteiger charge is -2.04. The highest BCUT2D eigenvalue weighted by Crippen LogP contribution is 2.17. The highest BCUT2D eigenvalue weighted by atomic mass is 16.1. The zero-order valence-corrected chi connectivity index (χ0v) is 8.97. The van der Waals surface area contributed by atoms with E-state index in [0.29, 0.717) is 13.0 Å². The Balaban J connectivity index is 2.06. The number of carbonyl (C=O) groups is 1. The molecule has 3 nitrogen and oxygen atoms in total. The molecule has 15 heavy (non-hydrogen) atoms. The summed E-state index contributed by atoms with van der Waals surface area (Å²) in [6.07, 6.45) is 0.487. The molecule has 1 heterocycles. The van der Waals surface area contributed by atoms with Gasteiger partial charge < -0.3 is 10.6 Å². The highest BCUT2D eigenvalue weighted by Gasteiger charge is 2.11. The number of nitrogens with one attached hydrogen (secondary N) is 2. The second kappa shape index (κ2) is 4.45. The first kappa shape index (κ1) is 10.2. The van der Waals surface area contributed by atoms with Crippen LogP contribution in [0, 0.1) is 0 Å². The summed E-state index contributed by atoms with van der Waals surface area (Å²) in [7, 11) is 0. The van der Waals surface area contributed by atoms with Crippen molar-refractivity contribution >= 4 is 5.91 Å². The van der Waals surface area contributed by atoms with Crippen molar-refractivity contribution < 1.29 is 4.79 Å². The number of hydrogen-bond acceptors (Lipinski definition) is 2. The molecular weight excluding hydrogens is 188 g/mol. The summed E-state index contributed by atoms with van der Waals surface area (Å²) < 4.78 is 0. The Hall–Kier alpha value is -1.35. The molecule has 1 aliphatic heterocycles. The molecule has 3 heteroatoms. The quantitative estimate of drug-likeness (QED) is 0.770. The molecule has 0 fully saturated rings. The minimum Gasteiger partial charge on any atom is -0.356 e. The van der Waals surface area contributed by atoms with Gasteiger partial charge >= 0.3 is 0 Å². The van der Waals surface area contributed by atoms with Gasteiger partial charge in [0.1, 0.15) is 0 Å². The third kappa shape index (κ3) is 2.36. The molecule has 0 unspecified atom stereocenters. The molecule has 0 bridgehead atoms. The fraction of sp³-hybridized carbons (Fsp3) is 0.417. The van der Waals surface area contributed by atoms with Crippen LogP contribution in [0.4, 0.5) is 0 Å². The standard InChI is InChI=1S/C12H16N2O/c1-2-14-12(15)6-9-3-4-10-7-13-8-11(10)5-9/h3-5,13H,2,6-8H2,1H3,(H,14,15). The Morgan fingerprint density at radius 2 is 2.20 bits per heavy atom. The summed E-state index contributed by atoms with van der Waals surface area (Å²) in [6.45, 7) is 4.52. The van der Waals surface area contributed by atoms with Crippen LogP contribution < -0.4 is 10.6 Å². The normalized spacial score (nSPS) is 13.7. The third-order valence-corrected chi connectivity index (χ3v) is 2.64. The van der Waals surface area contributed by atoms with Crippen molar-refractivity contribution in [3.8, 4) is 0 Å². The number of hydrogen-bond donors (Lipinski definition) is 2. The summed E-state index contributed by atoms with van der Waals surface area (Å²) in [5, 5.41) is 6.10. The van der Waals surface area contributed by atoms with Crippen LogP contribution in [0.1, 0.15) is 23.6 Å². The zero-order chi connectivity index (χ0) is 10.7. The lowest BCUT2D eigenvalue weighted by Crippen LogP contribution is -2.24. The predicted molar refractivity (Wildman–Crippen MR) is 59.4 cm³/mol. The van der Waals surface area contributed by atoms with E-state index >= 15 is 0 Å². The smallest absolute Gasteiger partial charge is 0.224 e. The molecule has 0 aromatic heterocycles. The van der Waals surface area contributed by atoms with Crippen LogP contribution in [0.25, 0.3) is 0 Å². The summed E-state index contributed by atoms with van der Waals surface area (Å²) in [4.78, 5) is 11.4. The van der Waals surface area contributed by atoms with Crippen LogP contribution in [0.3, 0.4) is 0 Å². The van der Waals surface area contributed by atoms with E-state index in [9.17, 15) is 4.79 Å². The molecule has 1 amide bonds. The van der Waals surface area contributed by atoms with Crippen LogP contribution in [-0.4, -0.2) is 12.5 Å². The maximum Gasteiger partial charge on any atom is 0.224 e. The summed E-state index contributed by atoms with van der Waals surface area (Å²) in [6, 6.07) is 6.29. The number of carbonyl (C=O) groups excluding carboxylic acids is 1.